The molecule has 1 aliphatic heterocycles. The number of ether oxygens (including phenoxy) is 3. The first-order chi connectivity index (χ1) is 21.0. The summed E-state index contributed by atoms with van der Waals surface area (Å²) in [6, 6.07) is 6.71. The molecular weight excluding hydrogens is 568 g/mol. The van der Waals surface area contributed by atoms with Crippen LogP contribution in [0.3, 0.4) is 0 Å². The fourth-order valence-electron chi connectivity index (χ4n) is 4.68. The maximum absolute atomic E-state index is 13.9. The highest BCUT2D eigenvalue weighted by molar-refractivity contribution is 5.98. The lowest BCUT2D eigenvalue weighted by molar-refractivity contribution is -0.150. The minimum absolute atomic E-state index is 0.00772. The Morgan fingerprint density at radius 3 is 2.50 bits per heavy atom. The Kier molecular flexibility index (Phi) is 10.1. The van der Waals surface area contributed by atoms with Crippen LogP contribution in [0.25, 0.3) is 11.4 Å². The van der Waals surface area contributed by atoms with Crippen molar-refractivity contribution in [2.75, 3.05) is 27.3 Å². The van der Waals surface area contributed by atoms with Crippen LogP contribution in [0.5, 0.6) is 11.5 Å². The number of hydrogen-bond acceptors (Lipinski definition) is 10. The number of nitrogens with one attached hydrogen (secondary N) is 2. The Balaban J connectivity index is 1.73. The number of amides is 3. The summed E-state index contributed by atoms with van der Waals surface area (Å²) in [4.78, 5) is 67.8. The summed E-state index contributed by atoms with van der Waals surface area (Å²) in [6.45, 7) is 6.69. The number of carbonyl (C=O) groups excluding carboxylic acids is 4. The first-order valence-corrected chi connectivity index (χ1v) is 14.1. The average Bonchev–Trinajstić information content (AvgIpc) is 3.01. The van der Waals surface area contributed by atoms with Crippen molar-refractivity contribution in [3.05, 3.63) is 65.7 Å². The molecule has 13 nitrogen and oxygen atoms in total. The van der Waals surface area contributed by atoms with Crippen molar-refractivity contribution in [3.8, 4) is 22.9 Å². The number of methoxy groups -OCH3 is 2. The van der Waals surface area contributed by atoms with E-state index >= 15 is 0 Å². The maximum atomic E-state index is 13.9. The van der Waals surface area contributed by atoms with Crippen molar-refractivity contribution in [1.29, 1.82) is 0 Å². The van der Waals surface area contributed by atoms with E-state index in [-0.39, 0.29) is 41.6 Å². The molecule has 44 heavy (non-hydrogen) atoms. The molecule has 3 aromatic rings. The van der Waals surface area contributed by atoms with Gasteiger partial charge in [-0.3, -0.25) is 19.4 Å². The third kappa shape index (κ3) is 7.28. The Morgan fingerprint density at radius 2 is 1.86 bits per heavy atom. The topological polar surface area (TPSA) is 162 Å². The first kappa shape index (κ1) is 31.9. The third-order valence-electron chi connectivity index (χ3n) is 7.25. The number of aryl methyl sites for hydroxylation is 1. The Hall–Kier alpha value is -5.07. The molecule has 0 aliphatic carbocycles. The minimum atomic E-state index is -1.29. The van der Waals surface area contributed by atoms with E-state index in [0.29, 0.717) is 17.1 Å². The summed E-state index contributed by atoms with van der Waals surface area (Å²) in [5, 5.41) is 5.73. The molecule has 2 bridgehead atoms. The quantitative estimate of drug-likeness (QED) is 0.413. The van der Waals surface area contributed by atoms with Crippen LogP contribution >= 0.6 is 0 Å². The molecule has 1 aromatic carbocycles. The van der Waals surface area contributed by atoms with Gasteiger partial charge in [-0.05, 0) is 50.1 Å². The van der Waals surface area contributed by atoms with Gasteiger partial charge in [0.1, 0.15) is 0 Å². The number of nitrogens with zero attached hydrogens (tertiary/aromatic N) is 4. The molecule has 0 fully saturated rings. The van der Waals surface area contributed by atoms with Crippen LogP contribution in [0.4, 0.5) is 0 Å². The van der Waals surface area contributed by atoms with Gasteiger partial charge < -0.3 is 29.7 Å². The van der Waals surface area contributed by atoms with Gasteiger partial charge in [-0.25, -0.2) is 14.8 Å². The van der Waals surface area contributed by atoms with Gasteiger partial charge in [0, 0.05) is 42.3 Å². The summed E-state index contributed by atoms with van der Waals surface area (Å²) in [7, 11) is 2.63. The number of pyridine rings is 1. The van der Waals surface area contributed by atoms with Gasteiger partial charge in [0.2, 0.25) is 12.0 Å². The number of esters is 1. The molecule has 0 saturated carbocycles. The van der Waals surface area contributed by atoms with Crippen molar-refractivity contribution in [1.82, 2.24) is 30.5 Å². The number of carbonyl (C=O) groups is 4. The Bertz CT molecular complexity index is 1530. The standard InChI is InChI=1S/C31H36N6O7/c1-17(2)23-15-37(30(40)22-14-33-28(35-18(22)3)21-8-7-11-32-13-21)16-26(38)34-19(4)27(31(41)43-6)44-25-12-20(29(39)36-23)9-10-24(25)42-5/h7-14,17,19,23,27H,15-16H2,1-6H3,(H,34,38)(H,36,39)/t19-,23+,27+/m0/s1. The lowest BCUT2D eigenvalue weighted by atomic mass is 10.0. The number of aromatic nitrogens is 3. The SMILES string of the molecule is COC(=O)[C@@H]1Oc2cc(ccc2OC)C(=O)N[C@@H](C(C)C)CN(C(=O)c2cnc(-c3cccnc3)nc2C)CC(=O)N[C@H]1C. The van der Waals surface area contributed by atoms with E-state index in [1.54, 1.807) is 44.4 Å². The van der Waals surface area contributed by atoms with Gasteiger partial charge in [-0.1, -0.05) is 13.8 Å². The molecule has 3 amide bonds. The molecule has 3 atom stereocenters. The molecule has 232 valence electrons. The van der Waals surface area contributed by atoms with Gasteiger partial charge in [0.15, 0.2) is 17.3 Å². The molecule has 1 aliphatic rings. The van der Waals surface area contributed by atoms with E-state index in [0.717, 1.165) is 0 Å². The second-order valence-corrected chi connectivity index (χ2v) is 10.7. The van der Waals surface area contributed by atoms with Crippen LogP contribution in [-0.2, 0) is 14.3 Å². The highest BCUT2D eigenvalue weighted by atomic mass is 16.6. The molecule has 3 heterocycles. The number of benzene rings is 1. The molecule has 13 heteroatoms. The predicted octanol–water partition coefficient (Wildman–Crippen LogP) is 2.19. The Labute approximate surface area is 255 Å². The third-order valence-corrected chi connectivity index (χ3v) is 7.25. The van der Waals surface area contributed by atoms with Gasteiger partial charge >= 0.3 is 5.97 Å². The maximum Gasteiger partial charge on any atom is 0.349 e. The molecule has 2 aromatic heterocycles. The van der Waals surface area contributed by atoms with Crippen molar-refractivity contribution in [2.24, 2.45) is 5.92 Å². The molecule has 2 N–H and O–H groups in total. The molecule has 4 rings (SSSR count). The second-order valence-electron chi connectivity index (χ2n) is 10.7. The number of fused-ring (bicyclic) bond motifs is 2. The lowest BCUT2D eigenvalue weighted by Crippen LogP contribution is -2.54. The van der Waals surface area contributed by atoms with E-state index in [9.17, 15) is 19.2 Å². The predicted molar refractivity (Wildman–Crippen MR) is 159 cm³/mol. The van der Waals surface area contributed by atoms with Crippen molar-refractivity contribution in [2.45, 2.75) is 45.9 Å². The fourth-order valence-corrected chi connectivity index (χ4v) is 4.68. The van der Waals surface area contributed by atoms with Gasteiger partial charge in [0.25, 0.3) is 11.8 Å². The zero-order valence-corrected chi connectivity index (χ0v) is 25.5. The number of hydrogen-bond donors (Lipinski definition) is 2. The van der Waals surface area contributed by atoms with Crippen LogP contribution < -0.4 is 20.1 Å². The van der Waals surface area contributed by atoms with Crippen LogP contribution in [0.15, 0.2) is 48.9 Å². The smallest absolute Gasteiger partial charge is 0.349 e. The van der Waals surface area contributed by atoms with Gasteiger partial charge in [-0.2, -0.15) is 0 Å². The van der Waals surface area contributed by atoms with Crippen molar-refractivity contribution < 1.29 is 33.4 Å². The van der Waals surface area contributed by atoms with E-state index in [2.05, 4.69) is 25.6 Å². The number of rotatable bonds is 5. The lowest BCUT2D eigenvalue weighted by Gasteiger charge is -2.32. The summed E-state index contributed by atoms with van der Waals surface area (Å²) in [5.74, 6) is -1.55. The van der Waals surface area contributed by atoms with Crippen LogP contribution in [0, 0.1) is 12.8 Å². The van der Waals surface area contributed by atoms with Crippen LogP contribution in [0.1, 0.15) is 47.2 Å². The van der Waals surface area contributed by atoms with E-state index in [4.69, 9.17) is 14.2 Å². The zero-order valence-electron chi connectivity index (χ0n) is 25.5. The molecular formula is C31H36N6O7. The minimum Gasteiger partial charge on any atom is -0.493 e. The summed E-state index contributed by atoms with van der Waals surface area (Å²) in [6.07, 6.45) is 3.39. The highest BCUT2D eigenvalue weighted by Gasteiger charge is 2.33. The normalized spacial score (nSPS) is 19.2. The molecule has 0 spiro atoms. The summed E-state index contributed by atoms with van der Waals surface area (Å²) >= 11 is 0. The second kappa shape index (κ2) is 13.9. The van der Waals surface area contributed by atoms with Crippen molar-refractivity contribution in [3.63, 3.8) is 0 Å². The summed E-state index contributed by atoms with van der Waals surface area (Å²) in [5.41, 5.74) is 1.54. The first-order valence-electron chi connectivity index (χ1n) is 14.1. The zero-order chi connectivity index (χ0) is 32.0. The van der Waals surface area contributed by atoms with E-state index < -0.39 is 41.9 Å². The van der Waals surface area contributed by atoms with Crippen LogP contribution in [-0.4, -0.2) is 89.0 Å². The van der Waals surface area contributed by atoms with Crippen LogP contribution in [0.2, 0.25) is 0 Å². The Morgan fingerprint density at radius 1 is 1.09 bits per heavy atom. The highest BCUT2D eigenvalue weighted by Crippen LogP contribution is 2.30. The largest absolute Gasteiger partial charge is 0.493 e. The van der Waals surface area contributed by atoms with Crippen molar-refractivity contribution >= 4 is 23.7 Å². The summed E-state index contributed by atoms with van der Waals surface area (Å²) < 4.78 is 16.3. The monoisotopic (exact) mass is 604 g/mol. The van der Waals surface area contributed by atoms with Gasteiger partial charge in [0.05, 0.1) is 38.1 Å². The van der Waals surface area contributed by atoms with E-state index in [1.165, 1.54) is 31.4 Å². The molecule has 0 saturated heterocycles. The fraction of sp³-hybridized carbons (Fsp3) is 0.387. The molecule has 0 unspecified atom stereocenters. The molecule has 0 radical (unpaired) electrons. The van der Waals surface area contributed by atoms with E-state index in [1.807, 2.05) is 19.9 Å². The average molecular weight is 605 g/mol. The van der Waals surface area contributed by atoms with Gasteiger partial charge in [-0.15, -0.1) is 0 Å².